The number of carbonyl (C=O) groups is 1. The maximum Gasteiger partial charge on any atom is 0.331 e. The van der Waals surface area contributed by atoms with Gasteiger partial charge in [-0.2, -0.15) is 0 Å². The molecule has 0 amide bonds. The number of carbonyl (C=O) groups excluding carboxylic acids is 1. The minimum absolute atomic E-state index is 0.0456. The van der Waals surface area contributed by atoms with E-state index in [0.29, 0.717) is 23.0 Å². The molecule has 0 aliphatic carbocycles. The number of hydrogen-bond donors (Lipinski definition) is 0. The fraction of sp³-hybridized carbons (Fsp3) is 0.158. The van der Waals surface area contributed by atoms with Gasteiger partial charge in [0.15, 0.2) is 17.3 Å². The summed E-state index contributed by atoms with van der Waals surface area (Å²) in [7, 11) is 3.13. The molecule has 26 heavy (non-hydrogen) atoms. The first kappa shape index (κ1) is 17.8. The Hall–Kier alpha value is -3.06. The lowest BCUT2D eigenvalue weighted by atomic mass is 10.2. The summed E-state index contributed by atoms with van der Waals surface area (Å²) in [4.78, 5) is 12.9. The normalized spacial score (nSPS) is 10.8. The highest BCUT2D eigenvalue weighted by atomic mass is 32.1. The number of nitrogens with zero attached hydrogens (tertiary/aromatic N) is 1. The predicted octanol–water partition coefficient (Wildman–Crippen LogP) is 4.18. The number of hydrogen-bond acceptors (Lipinski definition) is 7. The molecule has 0 bridgehead atoms. The molecule has 7 heteroatoms. The summed E-state index contributed by atoms with van der Waals surface area (Å²) < 4.78 is 20.8. The van der Waals surface area contributed by atoms with E-state index >= 15 is 0 Å². The van der Waals surface area contributed by atoms with Crippen LogP contribution in [0.4, 0.5) is 0 Å². The molecule has 0 N–H and O–H groups in total. The third-order valence-corrected chi connectivity index (χ3v) is 4.39. The maximum atomic E-state index is 11.9. The van der Waals surface area contributed by atoms with Crippen LogP contribution < -0.4 is 9.47 Å². The van der Waals surface area contributed by atoms with Gasteiger partial charge in [-0.3, -0.25) is 0 Å². The van der Waals surface area contributed by atoms with Crippen LogP contribution in [0.3, 0.4) is 0 Å². The first-order valence-corrected chi connectivity index (χ1v) is 8.64. The molecule has 3 aromatic rings. The third kappa shape index (κ3) is 4.31. The van der Waals surface area contributed by atoms with E-state index in [1.807, 2.05) is 23.6 Å². The fourth-order valence-corrected chi connectivity index (χ4v) is 2.90. The Labute approximate surface area is 154 Å². The van der Waals surface area contributed by atoms with Crippen molar-refractivity contribution in [1.29, 1.82) is 0 Å². The van der Waals surface area contributed by atoms with Gasteiger partial charge in [-0.1, -0.05) is 17.3 Å². The Balaban J connectivity index is 1.56. The van der Waals surface area contributed by atoms with Crippen molar-refractivity contribution in [2.45, 2.75) is 6.61 Å². The van der Waals surface area contributed by atoms with E-state index in [-0.39, 0.29) is 6.61 Å². The lowest BCUT2D eigenvalue weighted by Gasteiger charge is -2.07. The minimum Gasteiger partial charge on any atom is -0.493 e. The van der Waals surface area contributed by atoms with E-state index in [9.17, 15) is 4.79 Å². The van der Waals surface area contributed by atoms with Gasteiger partial charge in [0.1, 0.15) is 12.3 Å². The number of aromatic nitrogens is 1. The zero-order valence-electron chi connectivity index (χ0n) is 14.3. The second kappa shape index (κ2) is 8.35. The van der Waals surface area contributed by atoms with Gasteiger partial charge < -0.3 is 18.7 Å². The molecule has 6 nitrogen and oxygen atoms in total. The zero-order chi connectivity index (χ0) is 18.4. The molecule has 0 spiro atoms. The molecule has 0 unspecified atom stereocenters. The number of benzene rings is 1. The minimum atomic E-state index is -0.472. The summed E-state index contributed by atoms with van der Waals surface area (Å²) in [6.07, 6.45) is 2.99. The molecular formula is C19H17NO5S. The van der Waals surface area contributed by atoms with Gasteiger partial charge in [-0.25, -0.2) is 4.79 Å². The number of esters is 1. The van der Waals surface area contributed by atoms with Crippen LogP contribution in [0.25, 0.3) is 16.7 Å². The van der Waals surface area contributed by atoms with Crippen molar-refractivity contribution in [3.05, 3.63) is 59.1 Å². The number of rotatable bonds is 7. The van der Waals surface area contributed by atoms with Crippen molar-refractivity contribution in [3.63, 3.8) is 0 Å². The van der Waals surface area contributed by atoms with E-state index in [1.165, 1.54) is 6.08 Å². The zero-order valence-corrected chi connectivity index (χ0v) is 15.1. The number of methoxy groups -OCH3 is 2. The SMILES string of the molecule is COc1ccc(/C=C\C(=O)OCc2cc(-c3cccs3)on2)cc1OC. The average molecular weight is 371 g/mol. The van der Waals surface area contributed by atoms with Gasteiger partial charge in [0.2, 0.25) is 0 Å². The van der Waals surface area contributed by atoms with E-state index < -0.39 is 5.97 Å². The fourth-order valence-electron chi connectivity index (χ4n) is 2.23. The first-order chi connectivity index (χ1) is 12.7. The molecule has 2 heterocycles. The molecule has 134 valence electrons. The van der Waals surface area contributed by atoms with Crippen LogP contribution in [0, 0.1) is 0 Å². The summed E-state index contributed by atoms with van der Waals surface area (Å²) in [5.74, 6) is 1.40. The Morgan fingerprint density at radius 2 is 2.04 bits per heavy atom. The van der Waals surface area contributed by atoms with E-state index in [2.05, 4.69) is 5.16 Å². The Bertz CT molecular complexity index is 899. The topological polar surface area (TPSA) is 70.8 Å². The van der Waals surface area contributed by atoms with Gasteiger partial charge in [-0.05, 0) is 35.2 Å². The van der Waals surface area contributed by atoms with Crippen LogP contribution in [0.5, 0.6) is 11.5 Å². The number of ether oxygens (including phenoxy) is 3. The summed E-state index contributed by atoms with van der Waals surface area (Å²) in [6.45, 7) is 0.0456. The van der Waals surface area contributed by atoms with Crippen molar-refractivity contribution in [3.8, 4) is 22.1 Å². The molecule has 0 radical (unpaired) electrons. The molecule has 0 aliphatic rings. The quantitative estimate of drug-likeness (QED) is 0.458. The molecule has 0 saturated heterocycles. The monoisotopic (exact) mass is 371 g/mol. The number of thiophene rings is 1. The van der Waals surface area contributed by atoms with E-state index in [1.54, 1.807) is 49.8 Å². The van der Waals surface area contributed by atoms with Gasteiger partial charge in [-0.15, -0.1) is 11.3 Å². The highest BCUT2D eigenvalue weighted by molar-refractivity contribution is 7.13. The second-order valence-electron chi connectivity index (χ2n) is 5.22. The summed E-state index contributed by atoms with van der Waals surface area (Å²) in [5, 5.41) is 5.86. The Kier molecular flexibility index (Phi) is 5.70. The molecule has 0 saturated carbocycles. The lowest BCUT2D eigenvalue weighted by molar-refractivity contribution is -0.139. The Morgan fingerprint density at radius 3 is 2.77 bits per heavy atom. The van der Waals surface area contributed by atoms with Crippen LogP contribution in [0.15, 0.2) is 52.4 Å². The molecule has 0 fully saturated rings. The smallest absolute Gasteiger partial charge is 0.331 e. The van der Waals surface area contributed by atoms with E-state index in [4.69, 9.17) is 18.7 Å². The van der Waals surface area contributed by atoms with Crippen LogP contribution >= 0.6 is 11.3 Å². The first-order valence-electron chi connectivity index (χ1n) is 7.76. The molecule has 2 aromatic heterocycles. The standard InChI is InChI=1S/C19H17NO5S/c1-22-15-7-5-13(10-16(15)23-2)6-8-19(21)24-12-14-11-17(25-20-14)18-4-3-9-26-18/h3-11H,12H2,1-2H3/b8-6-. The molecule has 0 atom stereocenters. The largest absolute Gasteiger partial charge is 0.493 e. The van der Waals surface area contributed by atoms with Gasteiger partial charge in [0, 0.05) is 12.1 Å². The lowest BCUT2D eigenvalue weighted by Crippen LogP contribution is -2.00. The van der Waals surface area contributed by atoms with Gasteiger partial charge in [0.25, 0.3) is 0 Å². The van der Waals surface area contributed by atoms with Crippen LogP contribution in [-0.2, 0) is 16.1 Å². The van der Waals surface area contributed by atoms with Crippen LogP contribution in [-0.4, -0.2) is 25.3 Å². The summed E-state index contributed by atoms with van der Waals surface area (Å²) in [6, 6.07) is 11.0. The maximum absolute atomic E-state index is 11.9. The second-order valence-corrected chi connectivity index (χ2v) is 6.16. The van der Waals surface area contributed by atoms with Gasteiger partial charge in [0.05, 0.1) is 19.1 Å². The highest BCUT2D eigenvalue weighted by Gasteiger charge is 2.09. The molecular weight excluding hydrogens is 354 g/mol. The van der Waals surface area contributed by atoms with Crippen LogP contribution in [0.1, 0.15) is 11.3 Å². The van der Waals surface area contributed by atoms with Gasteiger partial charge >= 0.3 is 5.97 Å². The van der Waals surface area contributed by atoms with Crippen LogP contribution in [0.2, 0.25) is 0 Å². The molecule has 1 aromatic carbocycles. The van der Waals surface area contributed by atoms with Crippen molar-refractivity contribution in [1.82, 2.24) is 5.16 Å². The van der Waals surface area contributed by atoms with E-state index in [0.717, 1.165) is 10.4 Å². The molecule has 3 rings (SSSR count). The van der Waals surface area contributed by atoms with Crippen molar-refractivity contribution < 1.29 is 23.5 Å². The molecule has 0 aliphatic heterocycles. The van der Waals surface area contributed by atoms with Crippen molar-refractivity contribution >= 4 is 23.4 Å². The third-order valence-electron chi connectivity index (χ3n) is 3.50. The average Bonchev–Trinajstić information content (AvgIpc) is 3.35. The summed E-state index contributed by atoms with van der Waals surface area (Å²) in [5.41, 5.74) is 1.35. The predicted molar refractivity (Wildman–Crippen MR) is 98.2 cm³/mol. The van der Waals surface area contributed by atoms with Crippen molar-refractivity contribution in [2.75, 3.05) is 14.2 Å². The summed E-state index contributed by atoms with van der Waals surface area (Å²) >= 11 is 1.55. The Morgan fingerprint density at radius 1 is 1.19 bits per heavy atom. The van der Waals surface area contributed by atoms with Crippen molar-refractivity contribution in [2.24, 2.45) is 0 Å². The highest BCUT2D eigenvalue weighted by Crippen LogP contribution is 2.28.